The molecule has 0 saturated carbocycles. The average molecular weight is 647 g/mol. The van der Waals surface area contributed by atoms with Crippen LogP contribution in [0.3, 0.4) is 0 Å². The van der Waals surface area contributed by atoms with E-state index in [4.69, 9.17) is 4.74 Å². The molecule has 6 heterocycles. The van der Waals surface area contributed by atoms with Crippen LogP contribution in [0.15, 0.2) is 72.8 Å². The molecule has 0 unspecified atom stereocenters. The van der Waals surface area contributed by atoms with Crippen LogP contribution in [-0.2, 0) is 19.1 Å². The minimum Gasteiger partial charge on any atom is -0.448 e. The summed E-state index contributed by atoms with van der Waals surface area (Å²) < 4.78 is 6.05. The molecular weight excluding hydrogens is 604 g/mol. The topological polar surface area (TPSA) is 90.5 Å². The smallest absolute Gasteiger partial charge is 0.410 e. The van der Waals surface area contributed by atoms with Crippen molar-refractivity contribution in [1.29, 1.82) is 0 Å². The van der Waals surface area contributed by atoms with E-state index < -0.39 is 23.7 Å². The Labute approximate surface area is 281 Å². The summed E-state index contributed by atoms with van der Waals surface area (Å²) in [5.74, 6) is -0.376. The van der Waals surface area contributed by atoms with Gasteiger partial charge in [-0.15, -0.1) is 0 Å². The van der Waals surface area contributed by atoms with Gasteiger partial charge in [0.1, 0.15) is 24.2 Å². The van der Waals surface area contributed by atoms with Gasteiger partial charge in [-0.2, -0.15) is 0 Å². The normalized spacial score (nSPS) is 33.2. The van der Waals surface area contributed by atoms with E-state index in [1.165, 1.54) is 0 Å². The quantitative estimate of drug-likeness (QED) is 0.445. The third-order valence-corrected chi connectivity index (χ3v) is 12.4. The highest BCUT2D eigenvalue weighted by Gasteiger charge is 2.58. The molecule has 248 valence electrons. The molecule has 4 amide bonds. The van der Waals surface area contributed by atoms with Crippen molar-refractivity contribution in [2.45, 2.75) is 93.5 Å². The van der Waals surface area contributed by atoms with Gasteiger partial charge < -0.3 is 19.4 Å². The van der Waals surface area contributed by atoms with Crippen LogP contribution in [0.1, 0.15) is 68.9 Å². The maximum atomic E-state index is 14.6. The van der Waals surface area contributed by atoms with Crippen molar-refractivity contribution in [1.82, 2.24) is 19.6 Å². The van der Waals surface area contributed by atoms with Crippen LogP contribution in [0.4, 0.5) is 4.79 Å². The van der Waals surface area contributed by atoms with E-state index in [2.05, 4.69) is 43.3 Å². The fraction of sp³-hybridized carbons (Fsp3) is 0.487. The molecule has 6 aliphatic heterocycles. The lowest BCUT2D eigenvalue weighted by atomic mass is 9.89. The van der Waals surface area contributed by atoms with E-state index in [0.29, 0.717) is 38.8 Å². The van der Waals surface area contributed by atoms with Crippen molar-refractivity contribution < 1.29 is 23.9 Å². The number of hydrogen-bond donors (Lipinski definition) is 0. The number of amides is 4. The zero-order chi connectivity index (χ0) is 32.7. The molecular formula is C39H42N4O5. The second-order valence-corrected chi connectivity index (χ2v) is 14.8. The Bertz CT molecular complexity index is 1720. The second-order valence-electron chi connectivity index (χ2n) is 14.8. The lowest BCUT2D eigenvalue weighted by Gasteiger charge is -2.44. The zero-order valence-electron chi connectivity index (χ0n) is 27.4. The fourth-order valence-corrected chi connectivity index (χ4v) is 10.1. The van der Waals surface area contributed by atoms with E-state index in [0.717, 1.165) is 41.5 Å². The SMILES string of the molecule is C[C@@H]1CC[C@@H]2C=C[C@H]3CCN(C(=O)[C@@H]4CC[C@H]5C=C[C@]6(CCCN6C(=O)OCC6c7ccccc7-c7ccccc76)C(=O)N54)[C@@H]3C(=O)N12. The van der Waals surface area contributed by atoms with Crippen LogP contribution in [0.25, 0.3) is 11.1 Å². The Kier molecular flexibility index (Phi) is 6.85. The number of likely N-dealkylation sites (tertiary alicyclic amines) is 2. The van der Waals surface area contributed by atoms with E-state index >= 15 is 0 Å². The maximum Gasteiger partial charge on any atom is 0.410 e. The number of benzene rings is 2. The molecule has 9 nitrogen and oxygen atoms in total. The zero-order valence-corrected chi connectivity index (χ0v) is 27.4. The van der Waals surface area contributed by atoms with Crippen LogP contribution < -0.4 is 0 Å². The fourth-order valence-electron chi connectivity index (χ4n) is 10.1. The van der Waals surface area contributed by atoms with Gasteiger partial charge in [-0.3, -0.25) is 19.3 Å². The third-order valence-electron chi connectivity index (χ3n) is 12.4. The molecule has 0 radical (unpaired) electrons. The van der Waals surface area contributed by atoms with Crippen molar-refractivity contribution in [3.8, 4) is 11.1 Å². The minimum absolute atomic E-state index is 0.00126. The molecule has 2 aromatic carbocycles. The van der Waals surface area contributed by atoms with Crippen LogP contribution in [-0.4, -0.2) is 98.9 Å². The Morgan fingerprint density at radius 2 is 1.54 bits per heavy atom. The van der Waals surface area contributed by atoms with E-state index in [9.17, 15) is 19.2 Å². The predicted octanol–water partition coefficient (Wildman–Crippen LogP) is 4.87. The summed E-state index contributed by atoms with van der Waals surface area (Å²) in [6.07, 6.45) is 12.8. The van der Waals surface area contributed by atoms with Crippen LogP contribution in [0.2, 0.25) is 0 Å². The monoisotopic (exact) mass is 646 g/mol. The lowest BCUT2D eigenvalue weighted by Crippen LogP contribution is -2.64. The van der Waals surface area contributed by atoms with Gasteiger partial charge in [0.2, 0.25) is 11.8 Å². The van der Waals surface area contributed by atoms with Crippen molar-refractivity contribution in [3.05, 3.63) is 84.0 Å². The summed E-state index contributed by atoms with van der Waals surface area (Å²) in [4.78, 5) is 64.0. The molecule has 7 aliphatic rings. The molecule has 1 aliphatic carbocycles. The molecule has 4 fully saturated rings. The number of fused-ring (bicyclic) bond motifs is 6. The van der Waals surface area contributed by atoms with Crippen LogP contribution >= 0.6 is 0 Å². The number of rotatable bonds is 3. The predicted molar refractivity (Wildman–Crippen MR) is 179 cm³/mol. The van der Waals surface area contributed by atoms with Crippen molar-refractivity contribution in [2.24, 2.45) is 5.92 Å². The van der Waals surface area contributed by atoms with E-state index in [1.807, 2.05) is 41.3 Å². The number of carbonyl (C=O) groups is 4. The van der Waals surface area contributed by atoms with Gasteiger partial charge >= 0.3 is 6.09 Å². The summed E-state index contributed by atoms with van der Waals surface area (Å²) >= 11 is 0. The summed E-state index contributed by atoms with van der Waals surface area (Å²) in [7, 11) is 0. The van der Waals surface area contributed by atoms with Gasteiger partial charge in [-0.05, 0) is 74.1 Å². The first kappa shape index (κ1) is 29.7. The Hall–Kier alpha value is -4.40. The van der Waals surface area contributed by atoms with E-state index in [-0.39, 0.29) is 54.3 Å². The number of carbonyl (C=O) groups excluding carboxylic acids is 4. The number of nitrogens with zero attached hydrogens (tertiary/aromatic N) is 4. The van der Waals surface area contributed by atoms with Gasteiger partial charge in [-0.25, -0.2) is 4.79 Å². The first-order valence-corrected chi connectivity index (χ1v) is 17.8. The van der Waals surface area contributed by atoms with Crippen molar-refractivity contribution in [2.75, 3.05) is 19.7 Å². The third kappa shape index (κ3) is 4.21. The molecule has 1 spiro atoms. The first-order chi connectivity index (χ1) is 23.4. The highest BCUT2D eigenvalue weighted by molar-refractivity contribution is 5.99. The van der Waals surface area contributed by atoms with E-state index in [1.54, 1.807) is 14.7 Å². The molecule has 9 heteroatoms. The Balaban J connectivity index is 0.941. The summed E-state index contributed by atoms with van der Waals surface area (Å²) in [5.41, 5.74) is 3.43. The average Bonchev–Trinajstić information content (AvgIpc) is 3.92. The number of ether oxygens (including phenoxy) is 1. The van der Waals surface area contributed by atoms with Gasteiger partial charge in [-0.1, -0.05) is 72.8 Å². The Morgan fingerprint density at radius 3 is 2.31 bits per heavy atom. The van der Waals surface area contributed by atoms with Gasteiger partial charge in [0.25, 0.3) is 5.91 Å². The molecule has 2 aromatic rings. The Morgan fingerprint density at radius 1 is 0.833 bits per heavy atom. The highest BCUT2D eigenvalue weighted by Crippen LogP contribution is 2.46. The first-order valence-electron chi connectivity index (χ1n) is 17.8. The summed E-state index contributed by atoms with van der Waals surface area (Å²) in [6, 6.07) is 15.4. The molecule has 48 heavy (non-hydrogen) atoms. The lowest BCUT2D eigenvalue weighted by molar-refractivity contribution is -0.153. The van der Waals surface area contributed by atoms with Crippen LogP contribution in [0.5, 0.6) is 0 Å². The van der Waals surface area contributed by atoms with Crippen LogP contribution in [0, 0.1) is 5.92 Å². The molecule has 4 saturated heterocycles. The van der Waals surface area contributed by atoms with Gasteiger partial charge in [0, 0.05) is 31.0 Å². The number of hydrogen-bond acceptors (Lipinski definition) is 5. The maximum absolute atomic E-state index is 14.6. The molecule has 0 aromatic heterocycles. The second kappa shape index (κ2) is 11.1. The highest BCUT2D eigenvalue weighted by atomic mass is 16.6. The minimum atomic E-state index is -1.17. The standard InChI is InChI=1S/C39H42N4O5/c1-24-11-13-26-14-12-25-18-22-40(34(25)36(45)42(24)26)35(44)33-16-15-27-17-20-39(37(46)43(27)33)19-6-21-41(39)38(47)48-23-32-30-9-4-2-7-28(30)29-8-3-5-10-31(29)32/h2-5,7-10,12,14,17,20,24-27,32-34H,6,11,13,15-16,18-19,21-23H2,1H3/t24-,25+,26-,27+,33+,34+,39-/m1/s1. The van der Waals surface area contributed by atoms with Crippen molar-refractivity contribution in [3.63, 3.8) is 0 Å². The molecule has 9 rings (SSSR count). The molecule has 0 N–H and O–H groups in total. The molecule has 0 bridgehead atoms. The molecule has 7 atom stereocenters. The van der Waals surface area contributed by atoms with Gasteiger partial charge in [0.15, 0.2) is 0 Å². The summed E-state index contributed by atoms with van der Waals surface area (Å²) in [5, 5.41) is 0. The van der Waals surface area contributed by atoms with Gasteiger partial charge in [0.05, 0.1) is 12.1 Å². The largest absolute Gasteiger partial charge is 0.448 e. The van der Waals surface area contributed by atoms with Crippen molar-refractivity contribution >= 4 is 23.8 Å². The summed E-state index contributed by atoms with van der Waals surface area (Å²) in [6.45, 7) is 3.20.